The standard InChI is InChI=1S/C21H25N5O5S/c1-13-11-16(19-14(2)24-25(3)20(19)22-13)21(27)23-17-12-15(5-6-18(17)30-4)32(28,29)26-7-9-31-10-8-26/h5-6,11-12H,7-10H2,1-4H3,(H,23,27). The Morgan fingerprint density at radius 2 is 1.91 bits per heavy atom. The molecule has 0 unspecified atom stereocenters. The zero-order chi connectivity index (χ0) is 23.0. The van der Waals surface area contributed by atoms with Crippen molar-refractivity contribution in [3.05, 3.63) is 41.2 Å². The van der Waals surface area contributed by atoms with Crippen molar-refractivity contribution in [1.82, 2.24) is 19.1 Å². The van der Waals surface area contributed by atoms with Crippen LogP contribution in [0.1, 0.15) is 21.7 Å². The summed E-state index contributed by atoms with van der Waals surface area (Å²) in [6.45, 7) is 4.87. The van der Waals surface area contributed by atoms with E-state index in [1.807, 2.05) is 6.92 Å². The third-order valence-electron chi connectivity index (χ3n) is 5.37. The average Bonchev–Trinajstić information content (AvgIpc) is 3.06. The van der Waals surface area contributed by atoms with E-state index in [1.54, 1.807) is 24.7 Å². The maximum atomic E-state index is 13.3. The van der Waals surface area contributed by atoms with Crippen molar-refractivity contribution < 1.29 is 22.7 Å². The third-order valence-corrected chi connectivity index (χ3v) is 7.26. The van der Waals surface area contributed by atoms with Gasteiger partial charge in [0.05, 0.1) is 47.6 Å². The third kappa shape index (κ3) is 3.94. The number of hydrogen-bond donors (Lipinski definition) is 1. The number of hydrogen-bond acceptors (Lipinski definition) is 7. The summed E-state index contributed by atoms with van der Waals surface area (Å²) in [5.41, 5.74) is 2.61. The Balaban J connectivity index is 1.72. The molecular weight excluding hydrogens is 434 g/mol. The van der Waals surface area contributed by atoms with Crippen molar-refractivity contribution in [2.75, 3.05) is 38.7 Å². The van der Waals surface area contributed by atoms with Crippen LogP contribution in [-0.2, 0) is 21.8 Å². The molecule has 1 fully saturated rings. The Bertz CT molecular complexity index is 1300. The summed E-state index contributed by atoms with van der Waals surface area (Å²) in [5, 5.41) is 7.83. The van der Waals surface area contributed by atoms with Crippen LogP contribution in [-0.4, -0.2) is 66.8 Å². The van der Waals surface area contributed by atoms with E-state index in [0.29, 0.717) is 46.9 Å². The largest absolute Gasteiger partial charge is 0.495 e. The molecule has 32 heavy (non-hydrogen) atoms. The quantitative estimate of drug-likeness (QED) is 0.619. The molecule has 0 spiro atoms. The summed E-state index contributed by atoms with van der Waals surface area (Å²) in [6, 6.07) is 6.11. The number of nitrogens with one attached hydrogen (secondary N) is 1. The fourth-order valence-corrected chi connectivity index (χ4v) is 5.25. The van der Waals surface area contributed by atoms with Crippen molar-refractivity contribution in [2.45, 2.75) is 18.7 Å². The number of morpholine rings is 1. The van der Waals surface area contributed by atoms with Crippen LogP contribution in [0, 0.1) is 13.8 Å². The van der Waals surface area contributed by atoms with Gasteiger partial charge in [0.15, 0.2) is 5.65 Å². The monoisotopic (exact) mass is 459 g/mol. The predicted molar refractivity (Wildman–Crippen MR) is 119 cm³/mol. The van der Waals surface area contributed by atoms with Gasteiger partial charge in [0.25, 0.3) is 5.91 Å². The number of carbonyl (C=O) groups is 1. The summed E-state index contributed by atoms with van der Waals surface area (Å²) in [4.78, 5) is 17.8. The predicted octanol–water partition coefficient (Wildman–Crippen LogP) is 1.87. The zero-order valence-corrected chi connectivity index (χ0v) is 19.2. The highest BCUT2D eigenvalue weighted by atomic mass is 32.2. The first-order chi connectivity index (χ1) is 15.2. The fourth-order valence-electron chi connectivity index (χ4n) is 3.82. The molecular formula is C21H25N5O5S. The van der Waals surface area contributed by atoms with E-state index in [4.69, 9.17) is 9.47 Å². The molecule has 0 radical (unpaired) electrons. The minimum atomic E-state index is -3.73. The van der Waals surface area contributed by atoms with Crippen LogP contribution in [0.3, 0.4) is 0 Å². The Kier molecular flexibility index (Phi) is 5.89. The number of methoxy groups -OCH3 is 1. The Morgan fingerprint density at radius 3 is 2.59 bits per heavy atom. The van der Waals surface area contributed by atoms with Crippen molar-refractivity contribution >= 4 is 32.7 Å². The number of ether oxygens (including phenoxy) is 2. The summed E-state index contributed by atoms with van der Waals surface area (Å²) in [6.07, 6.45) is 0. The molecule has 1 N–H and O–H groups in total. The summed E-state index contributed by atoms with van der Waals surface area (Å²) < 4.78 is 39.7. The van der Waals surface area contributed by atoms with Crippen LogP contribution in [0.25, 0.3) is 11.0 Å². The molecule has 170 valence electrons. The fraction of sp³-hybridized carbons (Fsp3) is 0.381. The summed E-state index contributed by atoms with van der Waals surface area (Å²) >= 11 is 0. The van der Waals surface area contributed by atoms with Gasteiger partial charge >= 0.3 is 0 Å². The Labute approximate surface area is 186 Å². The van der Waals surface area contributed by atoms with Gasteiger partial charge in [-0.2, -0.15) is 9.40 Å². The number of pyridine rings is 1. The smallest absolute Gasteiger partial charge is 0.256 e. The second kappa shape index (κ2) is 8.49. The van der Waals surface area contributed by atoms with E-state index in [0.717, 1.165) is 0 Å². The van der Waals surface area contributed by atoms with Crippen LogP contribution >= 0.6 is 0 Å². The topological polar surface area (TPSA) is 116 Å². The molecule has 10 nitrogen and oxygen atoms in total. The number of nitrogens with zero attached hydrogens (tertiary/aromatic N) is 4. The maximum absolute atomic E-state index is 13.3. The van der Waals surface area contributed by atoms with Gasteiger partial charge in [-0.15, -0.1) is 0 Å². The van der Waals surface area contributed by atoms with E-state index in [2.05, 4.69) is 15.4 Å². The van der Waals surface area contributed by atoms with Crippen LogP contribution in [0.5, 0.6) is 5.75 Å². The number of aromatic nitrogens is 3. The SMILES string of the molecule is COc1ccc(S(=O)(=O)N2CCOCC2)cc1NC(=O)c1cc(C)nc2c1c(C)nn2C. The number of benzene rings is 1. The normalized spacial score (nSPS) is 15.1. The average molecular weight is 460 g/mol. The highest BCUT2D eigenvalue weighted by Crippen LogP contribution is 2.31. The number of aryl methyl sites for hydroxylation is 3. The molecule has 1 aliphatic rings. The van der Waals surface area contributed by atoms with Gasteiger partial charge in [0, 0.05) is 25.8 Å². The first-order valence-electron chi connectivity index (χ1n) is 10.1. The molecule has 3 heterocycles. The van der Waals surface area contributed by atoms with Crippen LogP contribution in [0.15, 0.2) is 29.2 Å². The second-order valence-electron chi connectivity index (χ2n) is 7.55. The van der Waals surface area contributed by atoms with E-state index in [1.165, 1.54) is 29.6 Å². The Hall–Kier alpha value is -3.02. The van der Waals surface area contributed by atoms with Crippen molar-refractivity contribution in [1.29, 1.82) is 0 Å². The van der Waals surface area contributed by atoms with Crippen molar-refractivity contribution in [2.24, 2.45) is 7.05 Å². The molecule has 4 rings (SSSR count). The van der Waals surface area contributed by atoms with E-state index in [-0.39, 0.29) is 23.7 Å². The van der Waals surface area contributed by atoms with E-state index >= 15 is 0 Å². The number of rotatable bonds is 5. The lowest BCUT2D eigenvalue weighted by molar-refractivity contribution is 0.0730. The molecule has 11 heteroatoms. The number of carbonyl (C=O) groups excluding carboxylic acids is 1. The molecule has 0 bridgehead atoms. The van der Waals surface area contributed by atoms with Crippen molar-refractivity contribution in [3.8, 4) is 5.75 Å². The minimum absolute atomic E-state index is 0.0733. The van der Waals surface area contributed by atoms with Crippen LogP contribution in [0.4, 0.5) is 5.69 Å². The molecule has 0 atom stereocenters. The lowest BCUT2D eigenvalue weighted by Crippen LogP contribution is -2.40. The molecule has 2 aromatic heterocycles. The van der Waals surface area contributed by atoms with Crippen LogP contribution < -0.4 is 10.1 Å². The number of anilines is 1. The van der Waals surface area contributed by atoms with Gasteiger partial charge in [-0.25, -0.2) is 13.4 Å². The number of fused-ring (bicyclic) bond motifs is 1. The van der Waals surface area contributed by atoms with Gasteiger partial charge < -0.3 is 14.8 Å². The maximum Gasteiger partial charge on any atom is 0.256 e. The highest BCUT2D eigenvalue weighted by molar-refractivity contribution is 7.89. The second-order valence-corrected chi connectivity index (χ2v) is 9.49. The molecule has 1 aliphatic heterocycles. The number of sulfonamides is 1. The lowest BCUT2D eigenvalue weighted by atomic mass is 10.1. The first-order valence-corrected chi connectivity index (χ1v) is 11.5. The Morgan fingerprint density at radius 1 is 1.19 bits per heavy atom. The molecule has 1 saturated heterocycles. The summed E-state index contributed by atoms with van der Waals surface area (Å²) in [7, 11) is -0.502. The van der Waals surface area contributed by atoms with Gasteiger partial charge in [-0.1, -0.05) is 0 Å². The van der Waals surface area contributed by atoms with Gasteiger partial charge in [-0.3, -0.25) is 9.48 Å². The van der Waals surface area contributed by atoms with Crippen molar-refractivity contribution in [3.63, 3.8) is 0 Å². The number of amides is 1. The van der Waals surface area contributed by atoms with Crippen LogP contribution in [0.2, 0.25) is 0 Å². The van der Waals surface area contributed by atoms with Gasteiger partial charge in [0.1, 0.15) is 5.75 Å². The first kappa shape index (κ1) is 22.2. The van der Waals surface area contributed by atoms with E-state index < -0.39 is 15.9 Å². The van der Waals surface area contributed by atoms with E-state index in [9.17, 15) is 13.2 Å². The minimum Gasteiger partial charge on any atom is -0.495 e. The zero-order valence-electron chi connectivity index (χ0n) is 18.4. The molecule has 1 amide bonds. The highest BCUT2D eigenvalue weighted by Gasteiger charge is 2.27. The molecule has 1 aromatic carbocycles. The molecule has 0 aliphatic carbocycles. The molecule has 0 saturated carbocycles. The lowest BCUT2D eigenvalue weighted by Gasteiger charge is -2.26. The summed E-state index contributed by atoms with van der Waals surface area (Å²) in [5.74, 6) is -0.0555. The molecule has 3 aromatic rings. The van der Waals surface area contributed by atoms with Gasteiger partial charge in [-0.05, 0) is 38.1 Å². The van der Waals surface area contributed by atoms with Gasteiger partial charge in [0.2, 0.25) is 10.0 Å².